The number of halogens is 1. The zero-order chi connectivity index (χ0) is 9.61. The summed E-state index contributed by atoms with van der Waals surface area (Å²) in [5, 5.41) is 8.67. The Kier molecular flexibility index (Phi) is 5.31. The van der Waals surface area contributed by atoms with Crippen LogP contribution in [-0.2, 0) is 4.79 Å². The lowest BCUT2D eigenvalue weighted by Crippen LogP contribution is -2.28. The van der Waals surface area contributed by atoms with Gasteiger partial charge in [0.25, 0.3) is 0 Å². The van der Waals surface area contributed by atoms with Gasteiger partial charge in [0.15, 0.2) is 0 Å². The highest BCUT2D eigenvalue weighted by atomic mass is 35.5. The van der Waals surface area contributed by atoms with Crippen LogP contribution in [0.5, 0.6) is 0 Å². The first kappa shape index (κ1) is 11.8. The smallest absolute Gasteiger partial charge is 0.324 e. The first-order chi connectivity index (χ1) is 5.50. The molecular formula is C9H17ClO2. The maximum absolute atomic E-state index is 10.6. The van der Waals surface area contributed by atoms with E-state index in [0.717, 1.165) is 25.7 Å². The second-order valence-electron chi connectivity index (χ2n) is 3.31. The van der Waals surface area contributed by atoms with Crippen molar-refractivity contribution < 1.29 is 9.90 Å². The van der Waals surface area contributed by atoms with Gasteiger partial charge in [0.2, 0.25) is 0 Å². The van der Waals surface area contributed by atoms with Crippen molar-refractivity contribution in [3.8, 4) is 0 Å². The highest BCUT2D eigenvalue weighted by Crippen LogP contribution is 2.22. The number of alkyl halides is 1. The van der Waals surface area contributed by atoms with Crippen LogP contribution in [0, 0.1) is 0 Å². The second-order valence-corrected chi connectivity index (χ2v) is 4.15. The van der Waals surface area contributed by atoms with E-state index in [4.69, 9.17) is 16.7 Å². The monoisotopic (exact) mass is 192 g/mol. The van der Waals surface area contributed by atoms with Gasteiger partial charge in [-0.25, -0.2) is 0 Å². The van der Waals surface area contributed by atoms with Crippen molar-refractivity contribution >= 4 is 17.6 Å². The number of carboxylic acid groups (broad SMARTS) is 1. The van der Waals surface area contributed by atoms with Crippen molar-refractivity contribution in [1.29, 1.82) is 0 Å². The average molecular weight is 193 g/mol. The van der Waals surface area contributed by atoms with Gasteiger partial charge in [-0.3, -0.25) is 4.79 Å². The standard InChI is InChI=1S/C9H17ClO2/c1-3-4-5-6-7-9(2,10)8(11)12/h3-7H2,1-2H3,(H,11,12). The van der Waals surface area contributed by atoms with Gasteiger partial charge in [-0.2, -0.15) is 0 Å². The molecule has 2 nitrogen and oxygen atoms in total. The predicted molar refractivity (Wildman–Crippen MR) is 50.7 cm³/mol. The summed E-state index contributed by atoms with van der Waals surface area (Å²) in [7, 11) is 0. The molecule has 0 bridgehead atoms. The van der Waals surface area contributed by atoms with Crippen molar-refractivity contribution in [2.75, 3.05) is 0 Å². The van der Waals surface area contributed by atoms with Crippen LogP contribution in [-0.4, -0.2) is 16.0 Å². The van der Waals surface area contributed by atoms with Crippen molar-refractivity contribution in [3.05, 3.63) is 0 Å². The summed E-state index contributed by atoms with van der Waals surface area (Å²) >= 11 is 5.75. The van der Waals surface area contributed by atoms with Crippen molar-refractivity contribution in [2.24, 2.45) is 0 Å². The lowest BCUT2D eigenvalue weighted by atomic mass is 10.0. The number of hydrogen-bond acceptors (Lipinski definition) is 1. The van der Waals surface area contributed by atoms with Crippen LogP contribution < -0.4 is 0 Å². The zero-order valence-electron chi connectivity index (χ0n) is 7.77. The summed E-state index contributed by atoms with van der Waals surface area (Å²) in [4.78, 5) is 9.49. The molecule has 0 aliphatic heterocycles. The summed E-state index contributed by atoms with van der Waals surface area (Å²) in [6, 6.07) is 0. The van der Waals surface area contributed by atoms with E-state index >= 15 is 0 Å². The van der Waals surface area contributed by atoms with Gasteiger partial charge in [0.05, 0.1) is 0 Å². The Hall–Kier alpha value is -0.240. The molecule has 1 unspecified atom stereocenters. The van der Waals surface area contributed by atoms with Crippen LogP contribution in [0.25, 0.3) is 0 Å². The van der Waals surface area contributed by atoms with Crippen LogP contribution in [0.3, 0.4) is 0 Å². The molecule has 0 aliphatic carbocycles. The van der Waals surface area contributed by atoms with E-state index in [1.54, 1.807) is 6.92 Å². The molecule has 1 N–H and O–H groups in total. The summed E-state index contributed by atoms with van der Waals surface area (Å²) in [5.41, 5.74) is 0. The second kappa shape index (κ2) is 5.41. The lowest BCUT2D eigenvalue weighted by molar-refractivity contribution is -0.139. The van der Waals surface area contributed by atoms with E-state index in [2.05, 4.69) is 6.92 Å². The number of unbranched alkanes of at least 4 members (excludes halogenated alkanes) is 3. The van der Waals surface area contributed by atoms with Gasteiger partial charge >= 0.3 is 5.97 Å². The molecule has 0 aromatic heterocycles. The van der Waals surface area contributed by atoms with Crippen molar-refractivity contribution in [3.63, 3.8) is 0 Å². The quantitative estimate of drug-likeness (QED) is 0.519. The largest absolute Gasteiger partial charge is 0.480 e. The van der Waals surface area contributed by atoms with Crippen LogP contribution in [0.15, 0.2) is 0 Å². The predicted octanol–water partition coefficient (Wildman–Crippen LogP) is 3.04. The molecule has 0 saturated carbocycles. The Balaban J connectivity index is 3.54. The molecule has 0 spiro atoms. The Bertz CT molecular complexity index is 143. The molecule has 3 heteroatoms. The molecular weight excluding hydrogens is 176 g/mol. The molecule has 0 fully saturated rings. The topological polar surface area (TPSA) is 37.3 Å². The number of carboxylic acids is 1. The molecule has 0 radical (unpaired) electrons. The number of hydrogen-bond donors (Lipinski definition) is 1. The molecule has 12 heavy (non-hydrogen) atoms. The van der Waals surface area contributed by atoms with E-state index in [1.807, 2.05) is 0 Å². The average Bonchev–Trinajstić information content (AvgIpc) is 1.98. The summed E-state index contributed by atoms with van der Waals surface area (Å²) in [6.07, 6.45) is 4.86. The van der Waals surface area contributed by atoms with Gasteiger partial charge in [0.1, 0.15) is 4.87 Å². The Morgan fingerprint density at radius 1 is 1.42 bits per heavy atom. The molecule has 0 aromatic rings. The highest BCUT2D eigenvalue weighted by Gasteiger charge is 2.28. The third-order valence-electron chi connectivity index (χ3n) is 1.95. The fourth-order valence-corrected chi connectivity index (χ4v) is 1.12. The minimum atomic E-state index is -1.06. The van der Waals surface area contributed by atoms with Crippen LogP contribution in [0.4, 0.5) is 0 Å². The van der Waals surface area contributed by atoms with Gasteiger partial charge in [0, 0.05) is 0 Å². The Morgan fingerprint density at radius 2 is 2.00 bits per heavy atom. The maximum Gasteiger partial charge on any atom is 0.324 e. The van der Waals surface area contributed by atoms with Gasteiger partial charge in [-0.15, -0.1) is 11.6 Å². The van der Waals surface area contributed by atoms with E-state index in [9.17, 15) is 4.79 Å². The van der Waals surface area contributed by atoms with Crippen molar-refractivity contribution in [2.45, 2.75) is 50.8 Å². The SMILES string of the molecule is CCCCCCC(C)(Cl)C(=O)O. The molecule has 0 rings (SSSR count). The van der Waals surface area contributed by atoms with Gasteiger partial charge in [-0.1, -0.05) is 32.6 Å². The Labute approximate surface area is 78.9 Å². The number of aliphatic carboxylic acids is 1. The minimum absolute atomic E-state index is 0.559. The van der Waals surface area contributed by atoms with E-state index in [0.29, 0.717) is 6.42 Å². The molecule has 0 amide bonds. The van der Waals surface area contributed by atoms with Crippen LogP contribution >= 0.6 is 11.6 Å². The van der Waals surface area contributed by atoms with E-state index < -0.39 is 10.8 Å². The minimum Gasteiger partial charge on any atom is -0.480 e. The van der Waals surface area contributed by atoms with E-state index in [1.165, 1.54) is 0 Å². The summed E-state index contributed by atoms with van der Waals surface area (Å²) in [5.74, 6) is -0.916. The molecule has 0 aromatic carbocycles. The summed E-state index contributed by atoms with van der Waals surface area (Å²) < 4.78 is 0. The molecule has 1 atom stereocenters. The van der Waals surface area contributed by atoms with Crippen LogP contribution in [0.1, 0.15) is 46.0 Å². The fourth-order valence-electron chi connectivity index (χ4n) is 0.991. The van der Waals surface area contributed by atoms with Crippen molar-refractivity contribution in [1.82, 2.24) is 0 Å². The van der Waals surface area contributed by atoms with Gasteiger partial charge in [-0.05, 0) is 13.3 Å². The molecule has 0 saturated heterocycles. The summed E-state index contributed by atoms with van der Waals surface area (Å²) in [6.45, 7) is 3.68. The molecule has 0 aliphatic rings. The first-order valence-corrected chi connectivity index (χ1v) is 4.81. The number of rotatable bonds is 6. The Morgan fingerprint density at radius 3 is 2.42 bits per heavy atom. The third-order valence-corrected chi connectivity index (χ3v) is 2.30. The fraction of sp³-hybridized carbons (Fsp3) is 0.889. The van der Waals surface area contributed by atoms with E-state index in [-0.39, 0.29) is 0 Å². The highest BCUT2D eigenvalue weighted by molar-refractivity contribution is 6.33. The normalized spacial score (nSPS) is 15.6. The molecule has 0 heterocycles. The third kappa shape index (κ3) is 4.60. The molecule has 72 valence electrons. The van der Waals surface area contributed by atoms with Gasteiger partial charge < -0.3 is 5.11 Å². The maximum atomic E-state index is 10.6. The lowest BCUT2D eigenvalue weighted by Gasteiger charge is -2.15. The number of carbonyl (C=O) groups is 1. The van der Waals surface area contributed by atoms with Crippen LogP contribution in [0.2, 0.25) is 0 Å². The first-order valence-electron chi connectivity index (χ1n) is 4.43. The zero-order valence-corrected chi connectivity index (χ0v) is 8.52.